The number of ether oxygens (including phenoxy) is 1. The number of rotatable bonds is 15. The number of carbonyl (C=O) groups is 3. The molecule has 180 valence electrons. The molecule has 1 aromatic rings. The summed E-state index contributed by atoms with van der Waals surface area (Å²) in [6.07, 6.45) is -7.72. The largest absolute Gasteiger partial charge is 0.481 e. The fraction of sp³-hybridized carbons (Fsp3) is 0.611. The van der Waals surface area contributed by atoms with Crippen molar-refractivity contribution < 1.29 is 60.0 Å². The summed E-state index contributed by atoms with van der Waals surface area (Å²) in [5.41, 5.74) is -0.0241. The molecule has 8 N–H and O–H groups in total. The van der Waals surface area contributed by atoms with Gasteiger partial charge in [0.15, 0.2) is 0 Å². The number of aromatic nitrogens is 2. The van der Waals surface area contributed by atoms with E-state index in [1.807, 2.05) is 0 Å². The number of aliphatic hydroxyl groups is 5. The van der Waals surface area contributed by atoms with E-state index < -0.39 is 80.4 Å². The van der Waals surface area contributed by atoms with E-state index in [2.05, 4.69) is 9.97 Å². The van der Waals surface area contributed by atoms with Gasteiger partial charge in [0.25, 0.3) is 0 Å². The number of nitrogens with zero attached hydrogens (tertiary/aromatic N) is 2. The molecule has 1 heterocycles. The summed E-state index contributed by atoms with van der Waals surface area (Å²) in [5, 5.41) is 76.1. The highest BCUT2D eigenvalue weighted by atomic mass is 16.5. The van der Waals surface area contributed by atoms with Gasteiger partial charge in [0.05, 0.1) is 55.3 Å². The van der Waals surface area contributed by atoms with E-state index in [1.165, 1.54) is 0 Å². The van der Waals surface area contributed by atoms with Gasteiger partial charge in [-0.05, 0) is 0 Å². The van der Waals surface area contributed by atoms with Crippen LogP contribution in [0.15, 0.2) is 12.4 Å². The number of aliphatic hydroxyl groups excluding tert-OH is 5. The average Bonchev–Trinajstić information content (AvgIpc) is 2.71. The van der Waals surface area contributed by atoms with Gasteiger partial charge < -0.3 is 45.6 Å². The Morgan fingerprint density at radius 1 is 0.875 bits per heavy atom. The summed E-state index contributed by atoms with van der Waals surface area (Å²) in [6, 6.07) is 0. The molecule has 0 aliphatic rings. The lowest BCUT2D eigenvalue weighted by Crippen LogP contribution is -2.39. The van der Waals surface area contributed by atoms with Crippen LogP contribution in [0.5, 0.6) is 0 Å². The van der Waals surface area contributed by atoms with Crippen LogP contribution in [-0.4, -0.2) is 106 Å². The van der Waals surface area contributed by atoms with Crippen molar-refractivity contribution in [2.45, 2.75) is 49.8 Å². The molecule has 0 aromatic carbocycles. The zero-order valence-electron chi connectivity index (χ0n) is 16.8. The molecule has 0 aliphatic carbocycles. The molecule has 1 unspecified atom stereocenters. The first kappa shape index (κ1) is 27.3. The Kier molecular flexibility index (Phi) is 11.0. The Hall–Kier alpha value is -2.75. The SMILES string of the molecule is O=C(O)CO[C@H](CO)[C@@H](O)Cc1cnc(C(O)[C@@H](CC(=O)O)[C@H](O)[C@H](O)CC(=O)O)cn1. The van der Waals surface area contributed by atoms with Crippen LogP contribution in [0.4, 0.5) is 0 Å². The lowest BCUT2D eigenvalue weighted by atomic mass is 9.87. The highest BCUT2D eigenvalue weighted by molar-refractivity contribution is 5.68. The third-order valence-corrected chi connectivity index (χ3v) is 4.51. The molecule has 0 aliphatic heterocycles. The van der Waals surface area contributed by atoms with Crippen molar-refractivity contribution in [3.63, 3.8) is 0 Å². The van der Waals surface area contributed by atoms with E-state index in [0.717, 1.165) is 12.4 Å². The summed E-state index contributed by atoms with van der Waals surface area (Å²) >= 11 is 0. The van der Waals surface area contributed by atoms with E-state index in [1.54, 1.807) is 0 Å². The van der Waals surface area contributed by atoms with E-state index in [4.69, 9.17) is 20.1 Å². The van der Waals surface area contributed by atoms with Crippen molar-refractivity contribution in [1.29, 1.82) is 0 Å². The summed E-state index contributed by atoms with van der Waals surface area (Å²) in [5.74, 6) is -5.65. The van der Waals surface area contributed by atoms with E-state index >= 15 is 0 Å². The summed E-state index contributed by atoms with van der Waals surface area (Å²) < 4.78 is 4.86. The van der Waals surface area contributed by atoms with Crippen molar-refractivity contribution >= 4 is 17.9 Å². The van der Waals surface area contributed by atoms with Gasteiger partial charge in [0, 0.05) is 18.5 Å². The van der Waals surface area contributed by atoms with Crippen molar-refractivity contribution in [1.82, 2.24) is 9.97 Å². The second kappa shape index (κ2) is 12.9. The molecule has 0 saturated carbocycles. The summed E-state index contributed by atoms with van der Waals surface area (Å²) in [4.78, 5) is 40.2. The molecule has 32 heavy (non-hydrogen) atoms. The van der Waals surface area contributed by atoms with Gasteiger partial charge in [0.2, 0.25) is 0 Å². The zero-order chi connectivity index (χ0) is 24.4. The smallest absolute Gasteiger partial charge is 0.329 e. The predicted octanol–water partition coefficient (Wildman–Crippen LogP) is -2.84. The fourth-order valence-electron chi connectivity index (χ4n) is 2.86. The van der Waals surface area contributed by atoms with E-state index in [0.29, 0.717) is 0 Å². The van der Waals surface area contributed by atoms with Gasteiger partial charge in [-0.3, -0.25) is 19.6 Å². The molecular formula is C18H26N2O12. The maximum atomic E-state index is 11.1. The molecule has 0 radical (unpaired) electrons. The maximum Gasteiger partial charge on any atom is 0.329 e. The Bertz CT molecular complexity index is 759. The minimum Gasteiger partial charge on any atom is -0.481 e. The highest BCUT2D eigenvalue weighted by Gasteiger charge is 2.36. The maximum absolute atomic E-state index is 11.1. The molecule has 14 nitrogen and oxygen atoms in total. The number of carboxylic acid groups (broad SMARTS) is 3. The van der Waals surface area contributed by atoms with Crippen LogP contribution in [0.1, 0.15) is 30.3 Å². The fourth-order valence-corrected chi connectivity index (χ4v) is 2.86. The van der Waals surface area contributed by atoms with Crippen LogP contribution >= 0.6 is 0 Å². The topological polar surface area (TPSA) is 248 Å². The standard InChI is InChI=1S/C18H26N2O12/c21-6-13(32-7-16(28)29)11(22)1-8-4-20-10(5-19-8)17(30)9(2-14(24)25)18(31)12(23)3-15(26)27/h4-5,9,11-13,17-18,21-23,30-31H,1-3,6-7H2,(H,24,25)(H,26,27)(H,28,29)/t9-,11+,12-,13-,17?,18+/m1/s1. The van der Waals surface area contributed by atoms with Gasteiger partial charge in [-0.25, -0.2) is 4.79 Å². The third-order valence-electron chi connectivity index (χ3n) is 4.51. The van der Waals surface area contributed by atoms with Crippen LogP contribution < -0.4 is 0 Å². The molecule has 0 fully saturated rings. The van der Waals surface area contributed by atoms with Crippen molar-refractivity contribution in [3.05, 3.63) is 23.8 Å². The molecule has 1 rings (SSSR count). The van der Waals surface area contributed by atoms with Crippen LogP contribution in [0, 0.1) is 5.92 Å². The molecule has 6 atom stereocenters. The normalized spacial score (nSPS) is 17.0. The minimum atomic E-state index is -1.89. The average molecular weight is 462 g/mol. The van der Waals surface area contributed by atoms with Gasteiger partial charge in [-0.15, -0.1) is 0 Å². The molecule has 14 heteroatoms. The Labute approximate surface area is 181 Å². The first-order valence-electron chi connectivity index (χ1n) is 9.37. The third kappa shape index (κ3) is 8.78. The van der Waals surface area contributed by atoms with Gasteiger partial charge >= 0.3 is 17.9 Å². The number of hydrogen-bond donors (Lipinski definition) is 8. The summed E-state index contributed by atoms with van der Waals surface area (Å²) in [6.45, 7) is -1.40. The van der Waals surface area contributed by atoms with E-state index in [-0.39, 0.29) is 17.8 Å². The highest BCUT2D eigenvalue weighted by Crippen LogP contribution is 2.28. The predicted molar refractivity (Wildman–Crippen MR) is 101 cm³/mol. The van der Waals surface area contributed by atoms with Crippen LogP contribution in [0.25, 0.3) is 0 Å². The van der Waals surface area contributed by atoms with Crippen LogP contribution in [0.2, 0.25) is 0 Å². The van der Waals surface area contributed by atoms with Gasteiger partial charge in [-0.1, -0.05) is 0 Å². The first-order valence-corrected chi connectivity index (χ1v) is 9.37. The Morgan fingerprint density at radius 2 is 1.50 bits per heavy atom. The lowest BCUT2D eigenvalue weighted by Gasteiger charge is -2.28. The number of carboxylic acids is 3. The second-order valence-corrected chi connectivity index (χ2v) is 6.99. The lowest BCUT2D eigenvalue weighted by molar-refractivity contribution is -0.149. The molecule has 0 amide bonds. The van der Waals surface area contributed by atoms with Crippen LogP contribution in [-0.2, 0) is 25.5 Å². The minimum absolute atomic E-state index is 0.159. The van der Waals surface area contributed by atoms with Crippen LogP contribution in [0.3, 0.4) is 0 Å². The quantitative estimate of drug-likeness (QED) is 0.131. The van der Waals surface area contributed by atoms with Crippen molar-refractivity contribution in [2.24, 2.45) is 5.92 Å². The molecule has 0 bridgehead atoms. The zero-order valence-corrected chi connectivity index (χ0v) is 16.8. The number of hydrogen-bond acceptors (Lipinski definition) is 11. The van der Waals surface area contributed by atoms with Crippen molar-refractivity contribution in [3.8, 4) is 0 Å². The second-order valence-electron chi connectivity index (χ2n) is 6.99. The van der Waals surface area contributed by atoms with Gasteiger partial charge in [-0.2, -0.15) is 0 Å². The van der Waals surface area contributed by atoms with Crippen molar-refractivity contribution in [2.75, 3.05) is 13.2 Å². The molecule has 0 saturated heterocycles. The van der Waals surface area contributed by atoms with Gasteiger partial charge in [0.1, 0.15) is 18.8 Å². The Balaban J connectivity index is 2.91. The molecule has 0 spiro atoms. The monoisotopic (exact) mass is 462 g/mol. The van der Waals surface area contributed by atoms with E-state index in [9.17, 15) is 39.9 Å². The number of aliphatic carboxylic acids is 3. The Morgan fingerprint density at radius 3 is 1.97 bits per heavy atom. The molecular weight excluding hydrogens is 436 g/mol. The summed E-state index contributed by atoms with van der Waals surface area (Å²) in [7, 11) is 0. The first-order chi connectivity index (χ1) is 15.0. The molecule has 1 aromatic heterocycles.